The van der Waals surface area contributed by atoms with Crippen molar-refractivity contribution in [3.05, 3.63) is 59.9 Å². The van der Waals surface area contributed by atoms with Crippen LogP contribution in [0.15, 0.2) is 48.7 Å². The highest BCUT2D eigenvalue weighted by molar-refractivity contribution is 5.92. The Morgan fingerprint density at radius 2 is 2.00 bits per heavy atom. The highest BCUT2D eigenvalue weighted by Gasteiger charge is 2.15. The minimum absolute atomic E-state index is 0.0589. The molecular weight excluding hydrogens is 290 g/mol. The Labute approximate surface area is 136 Å². The van der Waals surface area contributed by atoms with E-state index in [-0.39, 0.29) is 11.9 Å². The molecule has 0 aliphatic carbocycles. The summed E-state index contributed by atoms with van der Waals surface area (Å²) in [6.45, 7) is 0.527. The van der Waals surface area contributed by atoms with Crippen molar-refractivity contribution in [3.63, 3.8) is 0 Å². The highest BCUT2D eigenvalue weighted by Crippen LogP contribution is 2.10. The first kappa shape index (κ1) is 16.8. The maximum absolute atomic E-state index is 12.1. The van der Waals surface area contributed by atoms with Crippen LogP contribution in [-0.4, -0.2) is 41.4 Å². The third kappa shape index (κ3) is 4.71. The topological polar surface area (TPSA) is 54.3 Å². The second-order valence-electron chi connectivity index (χ2n) is 5.66. The highest BCUT2D eigenvalue weighted by atomic mass is 16.2. The average Bonchev–Trinajstić information content (AvgIpc) is 3.00. The standard InChI is InChI=1S/C18H23N3O2/c1-20-12-6-9-17(20)18(23)19-11-10-16(21(2)14-22)13-15-7-4-3-5-8-15/h3-9,12,14,16H,10-11,13H2,1-2H3,(H,19,23)/t16-/m1/s1. The number of benzene rings is 1. The van der Waals surface area contributed by atoms with Gasteiger partial charge in [-0.2, -0.15) is 0 Å². The maximum Gasteiger partial charge on any atom is 0.267 e. The molecular formula is C18H23N3O2. The van der Waals surface area contributed by atoms with Crippen LogP contribution in [0.2, 0.25) is 0 Å². The molecule has 0 spiro atoms. The van der Waals surface area contributed by atoms with Crippen LogP contribution >= 0.6 is 0 Å². The van der Waals surface area contributed by atoms with Gasteiger partial charge in [-0.15, -0.1) is 0 Å². The molecule has 1 aromatic heterocycles. The number of rotatable bonds is 8. The molecule has 122 valence electrons. The number of nitrogens with zero attached hydrogens (tertiary/aromatic N) is 2. The molecule has 1 N–H and O–H groups in total. The smallest absolute Gasteiger partial charge is 0.267 e. The summed E-state index contributed by atoms with van der Waals surface area (Å²) in [6, 6.07) is 13.7. The van der Waals surface area contributed by atoms with E-state index in [9.17, 15) is 9.59 Å². The van der Waals surface area contributed by atoms with Gasteiger partial charge in [-0.3, -0.25) is 9.59 Å². The second kappa shape index (κ2) is 8.17. The van der Waals surface area contributed by atoms with Crippen LogP contribution in [-0.2, 0) is 18.3 Å². The van der Waals surface area contributed by atoms with Crippen molar-refractivity contribution >= 4 is 12.3 Å². The summed E-state index contributed by atoms with van der Waals surface area (Å²) in [4.78, 5) is 24.9. The van der Waals surface area contributed by atoms with Gasteiger partial charge in [0.15, 0.2) is 0 Å². The Balaban J connectivity index is 1.90. The monoisotopic (exact) mass is 313 g/mol. The molecule has 0 bridgehead atoms. The first-order valence-electron chi connectivity index (χ1n) is 7.72. The molecule has 1 aromatic carbocycles. The lowest BCUT2D eigenvalue weighted by atomic mass is 10.0. The summed E-state index contributed by atoms with van der Waals surface area (Å²) in [5.41, 5.74) is 1.81. The van der Waals surface area contributed by atoms with Crippen LogP contribution in [0.3, 0.4) is 0 Å². The summed E-state index contributed by atoms with van der Waals surface area (Å²) >= 11 is 0. The van der Waals surface area contributed by atoms with E-state index in [1.54, 1.807) is 22.6 Å². The van der Waals surface area contributed by atoms with Crippen molar-refractivity contribution in [2.45, 2.75) is 18.9 Å². The Kier molecular flexibility index (Phi) is 5.97. The van der Waals surface area contributed by atoms with E-state index in [0.29, 0.717) is 18.7 Å². The van der Waals surface area contributed by atoms with Crippen molar-refractivity contribution in [1.29, 1.82) is 0 Å². The first-order valence-corrected chi connectivity index (χ1v) is 7.72. The van der Waals surface area contributed by atoms with E-state index in [1.165, 1.54) is 5.56 Å². The molecule has 0 saturated heterocycles. The van der Waals surface area contributed by atoms with Crippen LogP contribution in [0.5, 0.6) is 0 Å². The Morgan fingerprint density at radius 3 is 2.61 bits per heavy atom. The predicted molar refractivity (Wildman–Crippen MR) is 90.1 cm³/mol. The van der Waals surface area contributed by atoms with E-state index in [1.807, 2.05) is 49.6 Å². The van der Waals surface area contributed by atoms with Crippen molar-refractivity contribution in [3.8, 4) is 0 Å². The maximum atomic E-state index is 12.1. The van der Waals surface area contributed by atoms with Crippen molar-refractivity contribution in [2.24, 2.45) is 7.05 Å². The fourth-order valence-corrected chi connectivity index (χ4v) is 2.56. The molecule has 0 aliphatic rings. The molecule has 5 nitrogen and oxygen atoms in total. The summed E-state index contributed by atoms with van der Waals surface area (Å²) in [5.74, 6) is -0.0929. The molecule has 0 fully saturated rings. The van der Waals surface area contributed by atoms with Crippen LogP contribution < -0.4 is 5.32 Å². The molecule has 2 rings (SSSR count). The number of hydrogen-bond acceptors (Lipinski definition) is 2. The number of carbonyl (C=O) groups is 2. The fraction of sp³-hybridized carbons (Fsp3) is 0.333. The summed E-state index contributed by atoms with van der Waals surface area (Å²) in [7, 11) is 3.62. The van der Waals surface area contributed by atoms with Gasteiger partial charge in [0.25, 0.3) is 5.91 Å². The molecule has 0 aliphatic heterocycles. The zero-order valence-corrected chi connectivity index (χ0v) is 13.6. The molecule has 2 amide bonds. The number of hydrogen-bond donors (Lipinski definition) is 1. The number of nitrogens with one attached hydrogen (secondary N) is 1. The molecule has 0 unspecified atom stereocenters. The normalized spacial score (nSPS) is 11.7. The van der Waals surface area contributed by atoms with Gasteiger partial charge in [-0.1, -0.05) is 30.3 Å². The molecule has 1 heterocycles. The Hall–Kier alpha value is -2.56. The Bertz CT molecular complexity index is 637. The van der Waals surface area contributed by atoms with E-state index in [4.69, 9.17) is 0 Å². The summed E-state index contributed by atoms with van der Waals surface area (Å²) < 4.78 is 1.79. The number of carbonyl (C=O) groups excluding carboxylic acids is 2. The molecule has 2 aromatic rings. The fourth-order valence-electron chi connectivity index (χ4n) is 2.56. The molecule has 1 atom stereocenters. The predicted octanol–water partition coefficient (Wildman–Crippen LogP) is 1.84. The second-order valence-corrected chi connectivity index (χ2v) is 5.66. The van der Waals surface area contributed by atoms with Crippen molar-refractivity contribution < 1.29 is 9.59 Å². The van der Waals surface area contributed by atoms with Gasteiger partial charge < -0.3 is 14.8 Å². The summed E-state index contributed by atoms with van der Waals surface area (Å²) in [5, 5.41) is 2.92. The van der Waals surface area contributed by atoms with Crippen molar-refractivity contribution in [2.75, 3.05) is 13.6 Å². The average molecular weight is 313 g/mol. The van der Waals surface area contributed by atoms with Crippen LogP contribution in [0.1, 0.15) is 22.5 Å². The lowest BCUT2D eigenvalue weighted by Crippen LogP contribution is -2.36. The number of aryl methyl sites for hydroxylation is 1. The van der Waals surface area contributed by atoms with Gasteiger partial charge >= 0.3 is 0 Å². The van der Waals surface area contributed by atoms with Crippen LogP contribution in [0.25, 0.3) is 0 Å². The van der Waals surface area contributed by atoms with E-state index in [2.05, 4.69) is 5.32 Å². The van der Waals surface area contributed by atoms with E-state index >= 15 is 0 Å². The number of likely N-dealkylation sites (N-methyl/N-ethyl adjacent to an activating group) is 1. The van der Waals surface area contributed by atoms with Crippen LogP contribution in [0.4, 0.5) is 0 Å². The lowest BCUT2D eigenvalue weighted by molar-refractivity contribution is -0.118. The zero-order chi connectivity index (χ0) is 16.7. The molecule has 0 saturated carbocycles. The molecule has 23 heavy (non-hydrogen) atoms. The third-order valence-electron chi connectivity index (χ3n) is 4.00. The lowest BCUT2D eigenvalue weighted by Gasteiger charge is -2.25. The number of aromatic nitrogens is 1. The minimum atomic E-state index is -0.0929. The number of amides is 2. The van der Waals surface area contributed by atoms with E-state index in [0.717, 1.165) is 12.8 Å². The van der Waals surface area contributed by atoms with Gasteiger partial charge in [0.2, 0.25) is 6.41 Å². The zero-order valence-electron chi connectivity index (χ0n) is 13.6. The van der Waals surface area contributed by atoms with E-state index < -0.39 is 0 Å². The van der Waals surface area contributed by atoms with Crippen LogP contribution in [0, 0.1) is 0 Å². The first-order chi connectivity index (χ1) is 11.1. The molecule has 5 heteroatoms. The van der Waals surface area contributed by atoms with Gasteiger partial charge in [-0.05, 0) is 30.5 Å². The molecule has 0 radical (unpaired) electrons. The van der Waals surface area contributed by atoms with Gasteiger partial charge in [0.05, 0.1) is 0 Å². The largest absolute Gasteiger partial charge is 0.351 e. The summed E-state index contributed by atoms with van der Waals surface area (Å²) in [6.07, 6.45) is 4.16. The van der Waals surface area contributed by atoms with Crippen molar-refractivity contribution in [1.82, 2.24) is 14.8 Å². The van der Waals surface area contributed by atoms with Gasteiger partial charge in [0, 0.05) is 32.9 Å². The van der Waals surface area contributed by atoms with Gasteiger partial charge in [-0.25, -0.2) is 0 Å². The quantitative estimate of drug-likeness (QED) is 0.756. The SMILES string of the molecule is CN(C=O)[C@H](CCNC(=O)c1cccn1C)Cc1ccccc1. The third-order valence-corrected chi connectivity index (χ3v) is 4.00. The Morgan fingerprint density at radius 1 is 1.26 bits per heavy atom. The van der Waals surface area contributed by atoms with Gasteiger partial charge in [0.1, 0.15) is 5.69 Å². The minimum Gasteiger partial charge on any atom is -0.351 e.